The van der Waals surface area contributed by atoms with Gasteiger partial charge >= 0.3 is 6.18 Å². The van der Waals surface area contributed by atoms with Crippen LogP contribution in [-0.2, 0) is 11.0 Å². The molecule has 1 aliphatic rings. The zero-order chi connectivity index (χ0) is 14.2. The van der Waals surface area contributed by atoms with Crippen molar-refractivity contribution >= 4 is 11.6 Å². The van der Waals surface area contributed by atoms with Crippen molar-refractivity contribution in [2.45, 2.75) is 25.4 Å². The molecule has 0 amide bonds. The molecule has 1 aromatic carbocycles. The van der Waals surface area contributed by atoms with Crippen molar-refractivity contribution in [1.82, 2.24) is 0 Å². The summed E-state index contributed by atoms with van der Waals surface area (Å²) in [5.41, 5.74) is -1.63. The van der Waals surface area contributed by atoms with Crippen molar-refractivity contribution in [2.24, 2.45) is 5.92 Å². The van der Waals surface area contributed by atoms with Crippen LogP contribution in [0.15, 0.2) is 18.2 Å². The van der Waals surface area contributed by atoms with Gasteiger partial charge in [0.2, 0.25) is 0 Å². The minimum Gasteiger partial charge on any atom is -0.299 e. The highest BCUT2D eigenvalue weighted by atomic mass is 19.4. The first kappa shape index (κ1) is 13.7. The van der Waals surface area contributed by atoms with Crippen LogP contribution >= 0.6 is 0 Å². The summed E-state index contributed by atoms with van der Waals surface area (Å²) >= 11 is 0. The molecule has 19 heavy (non-hydrogen) atoms. The fraction of sp³-hybridized carbons (Fsp3) is 0.385. The summed E-state index contributed by atoms with van der Waals surface area (Å²) in [6.45, 7) is 0. The smallest absolute Gasteiger partial charge is 0.299 e. The number of carbonyl (C=O) groups is 2. The monoisotopic (exact) mass is 274 g/mol. The van der Waals surface area contributed by atoms with Crippen LogP contribution in [0.25, 0.3) is 0 Å². The SMILES string of the molecule is O=C(CC(=O)C1CC1)c1ccc(C(F)(F)F)cc1F. The van der Waals surface area contributed by atoms with Crippen molar-refractivity contribution < 1.29 is 27.2 Å². The molecule has 0 radical (unpaired) electrons. The van der Waals surface area contributed by atoms with Crippen molar-refractivity contribution in [3.05, 3.63) is 35.1 Å². The lowest BCUT2D eigenvalue weighted by atomic mass is 10.0. The first-order chi connectivity index (χ1) is 8.79. The molecular weight excluding hydrogens is 264 g/mol. The Morgan fingerprint density at radius 1 is 1.21 bits per heavy atom. The fourth-order valence-corrected chi connectivity index (χ4v) is 1.72. The molecule has 2 rings (SSSR count). The van der Waals surface area contributed by atoms with E-state index in [1.165, 1.54) is 0 Å². The average molecular weight is 274 g/mol. The van der Waals surface area contributed by atoms with E-state index >= 15 is 0 Å². The Balaban J connectivity index is 2.16. The van der Waals surface area contributed by atoms with Gasteiger partial charge in [-0.25, -0.2) is 4.39 Å². The highest BCUT2D eigenvalue weighted by Gasteiger charge is 2.33. The first-order valence-electron chi connectivity index (χ1n) is 5.71. The van der Waals surface area contributed by atoms with Gasteiger partial charge in [-0.05, 0) is 31.0 Å². The maximum Gasteiger partial charge on any atom is 0.416 e. The van der Waals surface area contributed by atoms with E-state index in [0.29, 0.717) is 6.07 Å². The third kappa shape index (κ3) is 3.19. The van der Waals surface area contributed by atoms with E-state index in [0.717, 1.165) is 18.9 Å². The second kappa shape index (κ2) is 4.75. The average Bonchev–Trinajstić information content (AvgIpc) is 3.10. The van der Waals surface area contributed by atoms with Crippen LogP contribution in [0.2, 0.25) is 0 Å². The lowest BCUT2D eigenvalue weighted by molar-refractivity contribution is -0.137. The van der Waals surface area contributed by atoms with Crippen LogP contribution in [0.1, 0.15) is 35.2 Å². The van der Waals surface area contributed by atoms with Crippen LogP contribution in [0.3, 0.4) is 0 Å². The highest BCUT2D eigenvalue weighted by Crippen LogP contribution is 2.32. The molecule has 0 spiro atoms. The molecule has 0 aliphatic heterocycles. The summed E-state index contributed by atoms with van der Waals surface area (Å²) in [6, 6.07) is 1.69. The molecule has 0 saturated heterocycles. The number of ketones is 2. The van der Waals surface area contributed by atoms with Crippen LogP contribution in [0, 0.1) is 11.7 Å². The molecule has 102 valence electrons. The second-order valence-electron chi connectivity index (χ2n) is 4.53. The maximum absolute atomic E-state index is 13.5. The Kier molecular flexibility index (Phi) is 3.43. The molecule has 1 aliphatic carbocycles. The van der Waals surface area contributed by atoms with Gasteiger partial charge in [0.25, 0.3) is 0 Å². The molecule has 0 unspecified atom stereocenters. The van der Waals surface area contributed by atoms with Crippen molar-refractivity contribution in [3.8, 4) is 0 Å². The molecular formula is C13H10F4O2. The van der Waals surface area contributed by atoms with E-state index in [9.17, 15) is 27.2 Å². The normalized spacial score (nSPS) is 15.4. The van der Waals surface area contributed by atoms with Gasteiger partial charge in [-0.1, -0.05) is 0 Å². The number of halogens is 4. The minimum absolute atomic E-state index is 0.138. The number of Topliss-reactive ketones (excluding diaryl/α,β-unsaturated/α-hetero) is 2. The first-order valence-corrected chi connectivity index (χ1v) is 5.71. The number of alkyl halides is 3. The lowest BCUT2D eigenvalue weighted by Gasteiger charge is -2.08. The number of benzene rings is 1. The van der Waals surface area contributed by atoms with Crippen LogP contribution < -0.4 is 0 Å². The van der Waals surface area contributed by atoms with Crippen molar-refractivity contribution in [3.63, 3.8) is 0 Å². The predicted molar refractivity (Wildman–Crippen MR) is 58.1 cm³/mol. The van der Waals surface area contributed by atoms with E-state index in [-0.39, 0.29) is 17.8 Å². The van der Waals surface area contributed by atoms with Gasteiger partial charge in [-0.15, -0.1) is 0 Å². The molecule has 6 heteroatoms. The minimum atomic E-state index is -4.66. The maximum atomic E-state index is 13.5. The summed E-state index contributed by atoms with van der Waals surface area (Å²) in [5, 5.41) is 0. The van der Waals surface area contributed by atoms with Gasteiger partial charge in [-0.2, -0.15) is 13.2 Å². The van der Waals surface area contributed by atoms with Crippen molar-refractivity contribution in [1.29, 1.82) is 0 Å². The second-order valence-corrected chi connectivity index (χ2v) is 4.53. The van der Waals surface area contributed by atoms with Gasteiger partial charge in [-0.3, -0.25) is 9.59 Å². The van der Waals surface area contributed by atoms with Crippen molar-refractivity contribution in [2.75, 3.05) is 0 Å². The van der Waals surface area contributed by atoms with E-state index < -0.39 is 35.3 Å². The number of carbonyl (C=O) groups excluding carboxylic acids is 2. The topological polar surface area (TPSA) is 34.1 Å². The van der Waals surface area contributed by atoms with Gasteiger partial charge in [0.05, 0.1) is 17.5 Å². The number of hydrogen-bond acceptors (Lipinski definition) is 2. The van der Waals surface area contributed by atoms with Gasteiger partial charge in [0.1, 0.15) is 11.6 Å². The third-order valence-corrected chi connectivity index (χ3v) is 2.96. The number of hydrogen-bond donors (Lipinski definition) is 0. The fourth-order valence-electron chi connectivity index (χ4n) is 1.72. The molecule has 0 aromatic heterocycles. The van der Waals surface area contributed by atoms with Gasteiger partial charge in [0.15, 0.2) is 5.78 Å². The summed E-state index contributed by atoms with van der Waals surface area (Å²) in [6.07, 6.45) is -3.66. The molecule has 0 atom stereocenters. The van der Waals surface area contributed by atoms with Crippen LogP contribution in [0.4, 0.5) is 17.6 Å². The number of rotatable bonds is 4. The van der Waals surface area contributed by atoms with Crippen LogP contribution in [-0.4, -0.2) is 11.6 Å². The lowest BCUT2D eigenvalue weighted by Crippen LogP contribution is -2.12. The molecule has 0 heterocycles. The quantitative estimate of drug-likeness (QED) is 0.479. The Hall–Kier alpha value is -1.72. The van der Waals surface area contributed by atoms with E-state index in [4.69, 9.17) is 0 Å². The molecule has 2 nitrogen and oxygen atoms in total. The van der Waals surface area contributed by atoms with E-state index in [2.05, 4.69) is 0 Å². The zero-order valence-corrected chi connectivity index (χ0v) is 9.76. The summed E-state index contributed by atoms with van der Waals surface area (Å²) in [5.74, 6) is -2.43. The Labute approximate surface area is 106 Å². The predicted octanol–water partition coefficient (Wildman–Crippen LogP) is 3.40. The third-order valence-electron chi connectivity index (χ3n) is 2.96. The van der Waals surface area contributed by atoms with Gasteiger partial charge in [0, 0.05) is 5.92 Å². The summed E-state index contributed by atoms with van der Waals surface area (Å²) in [7, 11) is 0. The molecule has 0 bridgehead atoms. The molecule has 1 fully saturated rings. The zero-order valence-electron chi connectivity index (χ0n) is 9.76. The Bertz CT molecular complexity index is 530. The summed E-state index contributed by atoms with van der Waals surface area (Å²) < 4.78 is 50.4. The highest BCUT2D eigenvalue weighted by molar-refractivity contribution is 6.09. The molecule has 1 aromatic rings. The summed E-state index contributed by atoms with van der Waals surface area (Å²) in [4.78, 5) is 23.0. The molecule has 0 N–H and O–H groups in total. The van der Waals surface area contributed by atoms with E-state index in [1.807, 2.05) is 0 Å². The van der Waals surface area contributed by atoms with Crippen LogP contribution in [0.5, 0.6) is 0 Å². The largest absolute Gasteiger partial charge is 0.416 e. The standard InChI is InChI=1S/C13H10F4O2/c14-10-5-8(13(15,16)17)3-4-9(10)12(19)6-11(18)7-1-2-7/h3-5,7H,1-2,6H2. The van der Waals surface area contributed by atoms with E-state index in [1.54, 1.807) is 0 Å². The Morgan fingerprint density at radius 3 is 2.32 bits per heavy atom. The Morgan fingerprint density at radius 2 is 1.84 bits per heavy atom. The molecule has 1 saturated carbocycles. The van der Waals surface area contributed by atoms with Gasteiger partial charge < -0.3 is 0 Å².